The van der Waals surface area contributed by atoms with Crippen LogP contribution in [-0.4, -0.2) is 61.6 Å². The average Bonchev–Trinajstić information content (AvgIpc) is 2.54. The van der Waals surface area contributed by atoms with Crippen LogP contribution in [0.15, 0.2) is 18.3 Å². The van der Waals surface area contributed by atoms with E-state index in [-0.39, 0.29) is 18.4 Å². The first kappa shape index (κ1) is 16.2. The molecule has 2 rings (SSSR count). The maximum absolute atomic E-state index is 11.8. The van der Waals surface area contributed by atoms with Crippen LogP contribution in [0, 0.1) is 0 Å². The summed E-state index contributed by atoms with van der Waals surface area (Å²) in [6, 6.07) is 3.85. The van der Waals surface area contributed by atoms with Crippen molar-refractivity contribution >= 4 is 17.6 Å². The molecule has 0 saturated carbocycles. The Morgan fingerprint density at radius 2 is 2.14 bits per heavy atom. The minimum absolute atomic E-state index is 0.0662. The molecule has 0 aromatic carbocycles. The third-order valence-corrected chi connectivity index (χ3v) is 3.55. The molecule has 0 unspecified atom stereocenters. The Labute approximate surface area is 130 Å². The highest BCUT2D eigenvalue weighted by molar-refractivity contribution is 5.83. The number of anilines is 1. The molecule has 1 aliphatic heterocycles. The predicted molar refractivity (Wildman–Crippen MR) is 82.4 cm³/mol. The monoisotopic (exact) mass is 306 g/mol. The van der Waals surface area contributed by atoms with Gasteiger partial charge >= 0.3 is 0 Å². The van der Waals surface area contributed by atoms with Gasteiger partial charge in [-0.1, -0.05) is 0 Å². The van der Waals surface area contributed by atoms with Crippen LogP contribution in [0.4, 0.5) is 5.82 Å². The van der Waals surface area contributed by atoms with Crippen LogP contribution in [0.2, 0.25) is 0 Å². The number of amides is 2. The molecule has 1 saturated heterocycles. The van der Waals surface area contributed by atoms with Gasteiger partial charge in [0, 0.05) is 39.8 Å². The van der Waals surface area contributed by atoms with Crippen LogP contribution in [0.25, 0.3) is 0 Å². The van der Waals surface area contributed by atoms with Crippen molar-refractivity contribution in [2.24, 2.45) is 0 Å². The maximum Gasteiger partial charge on any atom is 0.239 e. The van der Waals surface area contributed by atoms with E-state index in [4.69, 9.17) is 4.74 Å². The zero-order chi connectivity index (χ0) is 15.9. The van der Waals surface area contributed by atoms with Gasteiger partial charge in [-0.2, -0.15) is 0 Å². The van der Waals surface area contributed by atoms with Gasteiger partial charge in [0.25, 0.3) is 0 Å². The number of carbonyl (C=O) groups excluding carboxylic acids is 2. The first-order chi connectivity index (χ1) is 10.6. The molecule has 7 heteroatoms. The van der Waals surface area contributed by atoms with Crippen molar-refractivity contribution in [2.75, 3.05) is 44.8 Å². The third-order valence-electron chi connectivity index (χ3n) is 3.55. The Morgan fingerprint density at radius 1 is 1.41 bits per heavy atom. The minimum atomic E-state index is -0.178. The summed E-state index contributed by atoms with van der Waals surface area (Å²) in [5.41, 5.74) is 0.982. The lowest BCUT2D eigenvalue weighted by atomic mass is 10.2. The summed E-state index contributed by atoms with van der Waals surface area (Å²) < 4.78 is 5.33. The zero-order valence-corrected chi connectivity index (χ0v) is 13.0. The van der Waals surface area contributed by atoms with Crippen molar-refractivity contribution in [2.45, 2.75) is 13.5 Å². The number of nitrogens with zero attached hydrogens (tertiary/aromatic N) is 3. The van der Waals surface area contributed by atoms with Gasteiger partial charge in [-0.05, 0) is 17.7 Å². The number of carbonyl (C=O) groups is 2. The zero-order valence-electron chi connectivity index (χ0n) is 13.0. The predicted octanol–water partition coefficient (Wildman–Crippen LogP) is 0.0127. The summed E-state index contributed by atoms with van der Waals surface area (Å²) in [5, 5.41) is 2.81. The largest absolute Gasteiger partial charge is 0.378 e. The Kier molecular flexibility index (Phi) is 5.71. The molecule has 0 radical (unpaired) electrons. The fourth-order valence-corrected chi connectivity index (χ4v) is 2.12. The lowest BCUT2D eigenvalue weighted by Gasteiger charge is -2.28. The van der Waals surface area contributed by atoms with Crippen molar-refractivity contribution < 1.29 is 14.3 Å². The molecule has 1 aliphatic rings. The molecule has 2 heterocycles. The van der Waals surface area contributed by atoms with Gasteiger partial charge in [-0.25, -0.2) is 4.98 Å². The van der Waals surface area contributed by atoms with E-state index in [1.807, 2.05) is 12.1 Å². The first-order valence-electron chi connectivity index (χ1n) is 7.32. The number of rotatable bonds is 5. The highest BCUT2D eigenvalue weighted by Crippen LogP contribution is 2.14. The van der Waals surface area contributed by atoms with Crippen molar-refractivity contribution in [3.63, 3.8) is 0 Å². The van der Waals surface area contributed by atoms with Gasteiger partial charge < -0.3 is 19.9 Å². The first-order valence-corrected chi connectivity index (χ1v) is 7.32. The molecule has 1 N–H and O–H groups in total. The van der Waals surface area contributed by atoms with E-state index in [1.165, 1.54) is 11.8 Å². The number of hydrogen-bond acceptors (Lipinski definition) is 5. The van der Waals surface area contributed by atoms with Crippen LogP contribution in [0.3, 0.4) is 0 Å². The van der Waals surface area contributed by atoms with Gasteiger partial charge in [-0.15, -0.1) is 0 Å². The molecular formula is C15H22N4O3. The smallest absolute Gasteiger partial charge is 0.239 e. The van der Waals surface area contributed by atoms with E-state index in [2.05, 4.69) is 15.2 Å². The summed E-state index contributed by atoms with van der Waals surface area (Å²) >= 11 is 0. The number of aromatic nitrogens is 1. The lowest BCUT2D eigenvalue weighted by Crippen LogP contribution is -2.37. The van der Waals surface area contributed by atoms with E-state index in [9.17, 15) is 9.59 Å². The molecule has 0 spiro atoms. The molecule has 1 aromatic heterocycles. The Hall–Kier alpha value is -2.15. The summed E-state index contributed by atoms with van der Waals surface area (Å²) in [7, 11) is 1.60. The summed E-state index contributed by atoms with van der Waals surface area (Å²) in [6.45, 7) is 4.99. The molecule has 7 nitrogen and oxygen atoms in total. The van der Waals surface area contributed by atoms with E-state index < -0.39 is 0 Å². The molecule has 120 valence electrons. The van der Waals surface area contributed by atoms with Crippen molar-refractivity contribution in [1.29, 1.82) is 0 Å². The fourth-order valence-electron chi connectivity index (χ4n) is 2.12. The van der Waals surface area contributed by atoms with Gasteiger partial charge in [0.2, 0.25) is 11.8 Å². The number of hydrogen-bond donors (Lipinski definition) is 1. The Balaban J connectivity index is 1.87. The van der Waals surface area contributed by atoms with Crippen molar-refractivity contribution in [1.82, 2.24) is 15.2 Å². The van der Waals surface area contributed by atoms with Crippen molar-refractivity contribution in [3.8, 4) is 0 Å². The quantitative estimate of drug-likeness (QED) is 0.829. The van der Waals surface area contributed by atoms with Crippen LogP contribution in [0.1, 0.15) is 12.5 Å². The van der Waals surface area contributed by atoms with Gasteiger partial charge in [0.1, 0.15) is 5.82 Å². The van der Waals surface area contributed by atoms with Crippen LogP contribution in [0.5, 0.6) is 0 Å². The van der Waals surface area contributed by atoms with Gasteiger partial charge in [0.05, 0.1) is 19.8 Å². The SMILES string of the molecule is CC(=O)N(C)CC(=O)NCc1ccnc(N2CCOCC2)c1. The van der Waals surface area contributed by atoms with E-state index >= 15 is 0 Å². The third kappa shape index (κ3) is 4.70. The average molecular weight is 306 g/mol. The highest BCUT2D eigenvalue weighted by Gasteiger charge is 2.13. The summed E-state index contributed by atoms with van der Waals surface area (Å²) in [6.07, 6.45) is 1.74. The number of morpholine rings is 1. The van der Waals surface area contributed by atoms with Crippen LogP contribution in [-0.2, 0) is 20.9 Å². The fraction of sp³-hybridized carbons (Fsp3) is 0.533. The second-order valence-corrected chi connectivity index (χ2v) is 5.27. The highest BCUT2D eigenvalue weighted by atomic mass is 16.5. The van der Waals surface area contributed by atoms with E-state index in [0.717, 1.165) is 24.5 Å². The lowest BCUT2D eigenvalue weighted by molar-refractivity contribution is -0.133. The van der Waals surface area contributed by atoms with Crippen molar-refractivity contribution in [3.05, 3.63) is 23.9 Å². The standard InChI is InChI=1S/C15H22N4O3/c1-12(20)18(2)11-15(21)17-10-13-3-4-16-14(9-13)19-5-7-22-8-6-19/h3-4,9H,5-8,10-11H2,1-2H3,(H,17,21). The molecule has 0 aliphatic carbocycles. The molecule has 22 heavy (non-hydrogen) atoms. The van der Waals surface area contributed by atoms with Crippen LogP contribution < -0.4 is 10.2 Å². The Bertz CT molecular complexity index is 529. The second kappa shape index (κ2) is 7.74. The number of likely N-dealkylation sites (N-methyl/N-ethyl adjacent to an activating group) is 1. The molecule has 0 bridgehead atoms. The minimum Gasteiger partial charge on any atom is -0.378 e. The molecular weight excluding hydrogens is 284 g/mol. The molecule has 1 aromatic rings. The number of nitrogens with one attached hydrogen (secondary N) is 1. The number of pyridine rings is 1. The van der Waals surface area contributed by atoms with Crippen LogP contribution >= 0.6 is 0 Å². The molecule has 1 fully saturated rings. The Morgan fingerprint density at radius 3 is 2.82 bits per heavy atom. The van der Waals surface area contributed by atoms with Gasteiger partial charge in [0.15, 0.2) is 0 Å². The molecule has 2 amide bonds. The number of ether oxygens (including phenoxy) is 1. The van der Waals surface area contributed by atoms with E-state index in [0.29, 0.717) is 19.8 Å². The summed E-state index contributed by atoms with van der Waals surface area (Å²) in [5.74, 6) is 0.590. The van der Waals surface area contributed by atoms with Gasteiger partial charge in [-0.3, -0.25) is 9.59 Å². The van der Waals surface area contributed by atoms with E-state index in [1.54, 1.807) is 13.2 Å². The normalized spacial score (nSPS) is 14.5. The molecule has 0 atom stereocenters. The second-order valence-electron chi connectivity index (χ2n) is 5.27. The topological polar surface area (TPSA) is 74.8 Å². The maximum atomic E-state index is 11.8. The summed E-state index contributed by atoms with van der Waals surface area (Å²) in [4.78, 5) is 30.8.